The van der Waals surface area contributed by atoms with Crippen LogP contribution in [0, 0.1) is 27.7 Å². The predicted octanol–water partition coefficient (Wildman–Crippen LogP) is 7.99. The normalized spacial score (nSPS) is 10.5. The van der Waals surface area contributed by atoms with E-state index in [1.54, 1.807) is 44.7 Å². The van der Waals surface area contributed by atoms with Gasteiger partial charge < -0.3 is 20.6 Å². The first kappa shape index (κ1) is 40.2. The highest BCUT2D eigenvalue weighted by Crippen LogP contribution is 2.25. The molecule has 0 atom stereocenters. The van der Waals surface area contributed by atoms with E-state index in [-0.39, 0.29) is 23.3 Å². The van der Waals surface area contributed by atoms with Crippen LogP contribution in [-0.4, -0.2) is 57.8 Å². The van der Waals surface area contributed by atoms with Crippen LogP contribution in [-0.2, 0) is 13.1 Å². The fourth-order valence-corrected chi connectivity index (χ4v) is 5.62. The highest BCUT2D eigenvalue weighted by Gasteiger charge is 2.16. The third kappa shape index (κ3) is 11.0. The van der Waals surface area contributed by atoms with Gasteiger partial charge in [0, 0.05) is 67.7 Å². The summed E-state index contributed by atoms with van der Waals surface area (Å²) in [4.78, 5) is 59.4. The van der Waals surface area contributed by atoms with Gasteiger partial charge in [-0.25, -0.2) is 4.79 Å². The number of carboxylic acid groups (broad SMARTS) is 1. The van der Waals surface area contributed by atoms with Gasteiger partial charge in [-0.3, -0.25) is 24.4 Å². The molecule has 0 fully saturated rings. The third-order valence-electron chi connectivity index (χ3n) is 8.91. The topological polar surface area (TPSA) is 142 Å². The van der Waals surface area contributed by atoms with E-state index in [9.17, 15) is 24.3 Å². The number of pyridine rings is 2. The van der Waals surface area contributed by atoms with Gasteiger partial charge in [0.15, 0.2) is 0 Å². The van der Waals surface area contributed by atoms with Crippen molar-refractivity contribution < 1.29 is 24.3 Å². The average Bonchev–Trinajstić information content (AvgIpc) is 3.20. The van der Waals surface area contributed by atoms with Crippen molar-refractivity contribution in [3.63, 3.8) is 0 Å². The van der Waals surface area contributed by atoms with Crippen molar-refractivity contribution in [2.75, 3.05) is 14.1 Å². The van der Waals surface area contributed by atoms with Crippen LogP contribution in [0.15, 0.2) is 122 Å². The molecule has 3 amide bonds. The molecule has 0 bridgehead atoms. The number of aryl methyl sites for hydroxylation is 4. The second kappa shape index (κ2) is 18.4. The lowest BCUT2D eigenvalue weighted by Gasteiger charge is -2.14. The Morgan fingerprint density at radius 2 is 0.911 bits per heavy atom. The second-order valence-corrected chi connectivity index (χ2v) is 13.8. The van der Waals surface area contributed by atoms with Crippen LogP contribution in [0.1, 0.15) is 75.1 Å². The molecule has 10 nitrogen and oxygen atoms in total. The zero-order chi connectivity index (χ0) is 40.4. The summed E-state index contributed by atoms with van der Waals surface area (Å²) < 4.78 is 0. The minimum atomic E-state index is -1.07. The molecule has 284 valence electrons. The fraction of sp³-hybridized carbons (Fsp3) is 0.174. The number of nitrogens with zero attached hydrogens (tertiary/aromatic N) is 3. The van der Waals surface area contributed by atoms with Crippen molar-refractivity contribution in [1.82, 2.24) is 25.5 Å². The Hall–Kier alpha value is -6.94. The van der Waals surface area contributed by atoms with Gasteiger partial charge in [-0.15, -0.1) is 0 Å². The van der Waals surface area contributed by atoms with Crippen LogP contribution in [0.3, 0.4) is 0 Å². The minimum absolute atomic E-state index is 0.0789. The van der Waals surface area contributed by atoms with Gasteiger partial charge in [-0.1, -0.05) is 71.8 Å². The molecule has 0 saturated heterocycles. The quantitative estimate of drug-likeness (QED) is 0.129. The van der Waals surface area contributed by atoms with Crippen LogP contribution < -0.4 is 10.6 Å². The molecule has 10 heteroatoms. The zero-order valence-corrected chi connectivity index (χ0v) is 32.4. The van der Waals surface area contributed by atoms with Gasteiger partial charge in [-0.2, -0.15) is 0 Å². The second-order valence-electron chi connectivity index (χ2n) is 13.8. The largest absolute Gasteiger partial charge is 0.478 e. The fourth-order valence-electron chi connectivity index (χ4n) is 5.62. The molecular formula is C46H45N5O5. The van der Waals surface area contributed by atoms with E-state index >= 15 is 0 Å². The molecule has 0 unspecified atom stereocenters. The first-order valence-electron chi connectivity index (χ1n) is 18.0. The Balaban J connectivity index is 0.000000215. The number of aromatic carboxylic acids is 1. The van der Waals surface area contributed by atoms with E-state index in [1.807, 2.05) is 113 Å². The number of amides is 3. The first-order valence-corrected chi connectivity index (χ1v) is 18.0. The van der Waals surface area contributed by atoms with Gasteiger partial charge >= 0.3 is 5.97 Å². The van der Waals surface area contributed by atoms with Crippen molar-refractivity contribution in [1.29, 1.82) is 0 Å². The lowest BCUT2D eigenvalue weighted by atomic mass is 9.98. The molecule has 4 aromatic carbocycles. The molecule has 0 spiro atoms. The van der Waals surface area contributed by atoms with Crippen molar-refractivity contribution in [2.24, 2.45) is 0 Å². The molecule has 6 aromatic rings. The number of hydrogen-bond donors (Lipinski definition) is 3. The summed E-state index contributed by atoms with van der Waals surface area (Å²) in [5.74, 6) is -1.77. The number of carbonyl (C=O) groups excluding carboxylic acids is 3. The highest BCUT2D eigenvalue weighted by atomic mass is 16.4. The average molecular weight is 748 g/mol. The van der Waals surface area contributed by atoms with E-state index in [0.29, 0.717) is 35.3 Å². The molecule has 2 aromatic heterocycles. The number of carbonyl (C=O) groups is 4. The minimum Gasteiger partial charge on any atom is -0.478 e. The first-order chi connectivity index (χ1) is 26.7. The molecule has 3 N–H and O–H groups in total. The van der Waals surface area contributed by atoms with E-state index < -0.39 is 5.97 Å². The van der Waals surface area contributed by atoms with Crippen LogP contribution in [0.2, 0.25) is 0 Å². The van der Waals surface area contributed by atoms with Gasteiger partial charge in [-0.05, 0) is 110 Å². The van der Waals surface area contributed by atoms with Crippen LogP contribution >= 0.6 is 0 Å². The van der Waals surface area contributed by atoms with Gasteiger partial charge in [0.2, 0.25) is 0 Å². The summed E-state index contributed by atoms with van der Waals surface area (Å²) in [6.45, 7) is 8.51. The Kier molecular flexibility index (Phi) is 13.2. The molecule has 6 rings (SSSR count). The molecule has 0 aliphatic rings. The molecular weight excluding hydrogens is 703 g/mol. The summed E-state index contributed by atoms with van der Waals surface area (Å²) >= 11 is 0. The van der Waals surface area contributed by atoms with Gasteiger partial charge in [0.05, 0.1) is 5.56 Å². The van der Waals surface area contributed by atoms with Crippen molar-refractivity contribution in [2.45, 2.75) is 40.8 Å². The Morgan fingerprint density at radius 3 is 1.29 bits per heavy atom. The van der Waals surface area contributed by atoms with Crippen molar-refractivity contribution >= 4 is 23.7 Å². The number of rotatable bonds is 10. The number of aromatic nitrogens is 2. The Labute approximate surface area is 327 Å². The van der Waals surface area contributed by atoms with Gasteiger partial charge in [0.25, 0.3) is 17.7 Å². The van der Waals surface area contributed by atoms with E-state index in [2.05, 4.69) is 20.6 Å². The lowest BCUT2D eigenvalue weighted by Crippen LogP contribution is -2.25. The van der Waals surface area contributed by atoms with E-state index in [1.165, 1.54) is 11.0 Å². The maximum Gasteiger partial charge on any atom is 0.335 e. The molecule has 0 radical (unpaired) electrons. The van der Waals surface area contributed by atoms with Crippen LogP contribution in [0.5, 0.6) is 0 Å². The maximum absolute atomic E-state index is 12.8. The molecule has 0 saturated carbocycles. The summed E-state index contributed by atoms with van der Waals surface area (Å²) in [5.41, 5.74) is 10.6. The number of carboxylic acids is 1. The SMILES string of the molecule is Cc1ccc(-c2cc(C(=O)NCc3ccc(C)nc3)cc(C(=O)N(C)C)c2)cc1.Cc1ccc(-c2cc(C(=O)O)cc(C(=O)NCc3ccc(C)nc3)c2)cc1. The Bertz CT molecular complexity index is 2340. The van der Waals surface area contributed by atoms with Crippen molar-refractivity contribution in [3.05, 3.63) is 177 Å². The van der Waals surface area contributed by atoms with Crippen LogP contribution in [0.4, 0.5) is 0 Å². The maximum atomic E-state index is 12.8. The summed E-state index contributed by atoms with van der Waals surface area (Å²) in [6.07, 6.45) is 3.46. The summed E-state index contributed by atoms with van der Waals surface area (Å²) in [6, 6.07) is 33.3. The summed E-state index contributed by atoms with van der Waals surface area (Å²) in [7, 11) is 3.40. The zero-order valence-electron chi connectivity index (χ0n) is 32.4. The van der Waals surface area contributed by atoms with Crippen LogP contribution in [0.25, 0.3) is 22.3 Å². The monoisotopic (exact) mass is 747 g/mol. The Morgan fingerprint density at radius 1 is 0.518 bits per heavy atom. The molecule has 2 heterocycles. The van der Waals surface area contributed by atoms with E-state index in [4.69, 9.17) is 0 Å². The third-order valence-corrected chi connectivity index (χ3v) is 8.91. The summed E-state index contributed by atoms with van der Waals surface area (Å²) in [5, 5.41) is 15.1. The van der Waals surface area contributed by atoms with Crippen molar-refractivity contribution in [3.8, 4) is 22.3 Å². The van der Waals surface area contributed by atoms with Gasteiger partial charge in [0.1, 0.15) is 0 Å². The molecule has 0 aliphatic carbocycles. The molecule has 56 heavy (non-hydrogen) atoms. The predicted molar refractivity (Wildman–Crippen MR) is 218 cm³/mol. The smallest absolute Gasteiger partial charge is 0.335 e. The number of hydrogen-bond acceptors (Lipinski definition) is 6. The van der Waals surface area contributed by atoms with E-state index in [0.717, 1.165) is 50.3 Å². The highest BCUT2D eigenvalue weighted by molar-refractivity contribution is 6.01. The molecule has 0 aliphatic heterocycles. The standard InChI is InChI=1S/C24H25N3O2.C22H20N2O3/c1-16-5-9-19(10-6-16)20-11-21(13-22(12-20)24(29)27(3)4)23(28)26-15-18-8-7-17(2)25-14-18;1-14-3-7-17(8-4-14)18-9-19(11-20(10-18)22(26)27)21(25)24-13-16-6-5-15(2)23-12-16/h5-14H,15H2,1-4H3,(H,26,28);3-12H,13H2,1-2H3,(H,24,25)(H,26,27). The number of benzene rings is 4. The number of nitrogens with one attached hydrogen (secondary N) is 2. The lowest BCUT2D eigenvalue weighted by molar-refractivity contribution is 0.0696.